The van der Waals surface area contributed by atoms with E-state index in [1.807, 2.05) is 6.08 Å². The zero-order chi connectivity index (χ0) is 13.2. The fourth-order valence-electron chi connectivity index (χ4n) is 2.53. The molecule has 3 heteroatoms. The lowest BCUT2D eigenvalue weighted by molar-refractivity contribution is 0.256. The number of hydrogen-bond acceptors (Lipinski definition) is 3. The van der Waals surface area contributed by atoms with E-state index in [9.17, 15) is 0 Å². The molecule has 0 atom stereocenters. The Labute approximate surface area is 115 Å². The molecule has 0 radical (unpaired) electrons. The summed E-state index contributed by atoms with van der Waals surface area (Å²) in [5.41, 5.74) is 1.32. The van der Waals surface area contributed by atoms with Crippen LogP contribution in [0.25, 0.3) is 0 Å². The molecule has 0 amide bonds. The van der Waals surface area contributed by atoms with Gasteiger partial charge in [-0.3, -0.25) is 4.90 Å². The Kier molecular flexibility index (Phi) is 3.76. The van der Waals surface area contributed by atoms with Crippen LogP contribution < -0.4 is 5.32 Å². The van der Waals surface area contributed by atoms with Crippen LogP contribution in [0.1, 0.15) is 42.8 Å². The molecule has 1 aromatic heterocycles. The largest absolute Gasteiger partial charge is 0.465 e. The monoisotopic (exact) mass is 260 g/mol. The summed E-state index contributed by atoms with van der Waals surface area (Å²) in [6.45, 7) is 8.75. The van der Waals surface area contributed by atoms with Gasteiger partial charge in [-0.15, -0.1) is 6.58 Å². The summed E-state index contributed by atoms with van der Waals surface area (Å²) in [4.78, 5) is 2.46. The highest BCUT2D eigenvalue weighted by molar-refractivity contribution is 5.21. The molecular weight excluding hydrogens is 236 g/mol. The van der Waals surface area contributed by atoms with Crippen LogP contribution in [-0.4, -0.2) is 23.5 Å². The number of furan rings is 1. The van der Waals surface area contributed by atoms with Crippen LogP contribution in [0.15, 0.2) is 23.1 Å². The van der Waals surface area contributed by atoms with Gasteiger partial charge in [-0.2, -0.15) is 0 Å². The van der Waals surface area contributed by atoms with Gasteiger partial charge in [0.15, 0.2) is 0 Å². The topological polar surface area (TPSA) is 28.4 Å². The van der Waals surface area contributed by atoms with Crippen molar-refractivity contribution in [1.29, 1.82) is 0 Å². The maximum atomic E-state index is 5.91. The molecule has 0 aromatic carbocycles. The Morgan fingerprint density at radius 2 is 2.21 bits per heavy atom. The van der Waals surface area contributed by atoms with Crippen molar-refractivity contribution in [3.63, 3.8) is 0 Å². The molecule has 0 saturated heterocycles. The first-order valence-corrected chi connectivity index (χ1v) is 7.43. The van der Waals surface area contributed by atoms with Crippen LogP contribution in [0.3, 0.4) is 0 Å². The zero-order valence-electron chi connectivity index (χ0n) is 11.8. The third-order valence-electron chi connectivity index (χ3n) is 4.02. The number of rotatable bonds is 8. The number of nitrogens with zero attached hydrogens (tertiary/aromatic N) is 1. The molecule has 2 aliphatic rings. The average Bonchev–Trinajstić information content (AvgIpc) is 3.26. The van der Waals surface area contributed by atoms with Gasteiger partial charge in [-0.05, 0) is 38.7 Å². The van der Waals surface area contributed by atoms with Crippen molar-refractivity contribution in [1.82, 2.24) is 10.2 Å². The fourth-order valence-corrected chi connectivity index (χ4v) is 2.53. The predicted octanol–water partition coefficient (Wildman–Crippen LogP) is 2.99. The predicted molar refractivity (Wildman–Crippen MR) is 76.9 cm³/mol. The Hall–Kier alpha value is -1.06. The summed E-state index contributed by atoms with van der Waals surface area (Å²) >= 11 is 0. The Balaban J connectivity index is 1.59. The van der Waals surface area contributed by atoms with E-state index in [-0.39, 0.29) is 0 Å². The molecule has 3 rings (SSSR count). The van der Waals surface area contributed by atoms with Crippen molar-refractivity contribution in [2.75, 3.05) is 6.54 Å². The van der Waals surface area contributed by atoms with Gasteiger partial charge in [0.05, 0.1) is 6.54 Å². The molecule has 0 bridgehead atoms. The van der Waals surface area contributed by atoms with E-state index >= 15 is 0 Å². The van der Waals surface area contributed by atoms with Gasteiger partial charge >= 0.3 is 0 Å². The van der Waals surface area contributed by atoms with Crippen molar-refractivity contribution < 1.29 is 4.42 Å². The maximum absolute atomic E-state index is 5.91. The van der Waals surface area contributed by atoms with Crippen LogP contribution >= 0.6 is 0 Å². The molecule has 2 aliphatic carbocycles. The number of aryl methyl sites for hydroxylation is 1. The van der Waals surface area contributed by atoms with E-state index in [2.05, 4.69) is 29.8 Å². The molecule has 0 unspecified atom stereocenters. The first kappa shape index (κ1) is 12.9. The minimum Gasteiger partial charge on any atom is -0.465 e. The van der Waals surface area contributed by atoms with Crippen molar-refractivity contribution in [3.05, 3.63) is 35.8 Å². The van der Waals surface area contributed by atoms with Gasteiger partial charge in [0.25, 0.3) is 0 Å². The van der Waals surface area contributed by atoms with Crippen molar-refractivity contribution in [2.45, 2.75) is 57.8 Å². The van der Waals surface area contributed by atoms with Gasteiger partial charge in [0.2, 0.25) is 0 Å². The van der Waals surface area contributed by atoms with Gasteiger partial charge < -0.3 is 9.73 Å². The molecule has 104 valence electrons. The van der Waals surface area contributed by atoms with E-state index < -0.39 is 0 Å². The van der Waals surface area contributed by atoms with E-state index in [1.54, 1.807) is 0 Å². The Morgan fingerprint density at radius 1 is 1.42 bits per heavy atom. The number of hydrogen-bond donors (Lipinski definition) is 1. The lowest BCUT2D eigenvalue weighted by Crippen LogP contribution is -2.25. The molecule has 3 nitrogen and oxygen atoms in total. The second kappa shape index (κ2) is 5.51. The third kappa shape index (κ3) is 3.48. The molecule has 1 heterocycles. The summed E-state index contributed by atoms with van der Waals surface area (Å²) < 4.78 is 5.91. The van der Waals surface area contributed by atoms with E-state index in [0.29, 0.717) is 0 Å². The van der Waals surface area contributed by atoms with E-state index in [4.69, 9.17) is 4.42 Å². The molecule has 1 aromatic rings. The smallest absolute Gasteiger partial charge is 0.118 e. The van der Waals surface area contributed by atoms with Crippen LogP contribution in [0, 0.1) is 6.92 Å². The summed E-state index contributed by atoms with van der Waals surface area (Å²) in [6.07, 6.45) is 7.30. The first-order chi connectivity index (χ1) is 9.26. The van der Waals surface area contributed by atoms with Crippen molar-refractivity contribution >= 4 is 0 Å². The normalized spacial score (nSPS) is 19.1. The highest BCUT2D eigenvalue weighted by atomic mass is 16.3. The summed E-state index contributed by atoms with van der Waals surface area (Å²) in [5, 5.41) is 3.55. The molecule has 0 spiro atoms. The second-order valence-electron chi connectivity index (χ2n) is 5.90. The van der Waals surface area contributed by atoms with Crippen LogP contribution in [0.2, 0.25) is 0 Å². The standard InChI is InChI=1S/C16H24N2O/c1-3-8-18(15-6-7-15)11-16-9-13(12(2)19-16)10-17-14-4-5-14/h3,9,14-15,17H,1,4-8,10-11H2,2H3. The van der Waals surface area contributed by atoms with Crippen molar-refractivity contribution in [3.8, 4) is 0 Å². The van der Waals surface area contributed by atoms with Crippen molar-refractivity contribution in [2.24, 2.45) is 0 Å². The lowest BCUT2D eigenvalue weighted by Gasteiger charge is -2.18. The lowest BCUT2D eigenvalue weighted by atomic mass is 10.2. The van der Waals surface area contributed by atoms with Gasteiger partial charge in [-0.1, -0.05) is 6.08 Å². The highest BCUT2D eigenvalue weighted by Gasteiger charge is 2.29. The molecule has 19 heavy (non-hydrogen) atoms. The summed E-state index contributed by atoms with van der Waals surface area (Å²) in [6, 6.07) is 3.72. The average molecular weight is 260 g/mol. The number of nitrogens with one attached hydrogen (secondary N) is 1. The minimum atomic E-state index is 0.747. The highest BCUT2D eigenvalue weighted by Crippen LogP contribution is 2.29. The quantitative estimate of drug-likeness (QED) is 0.728. The van der Waals surface area contributed by atoms with Gasteiger partial charge in [-0.25, -0.2) is 0 Å². The molecule has 2 fully saturated rings. The van der Waals surface area contributed by atoms with E-state index in [1.165, 1.54) is 31.2 Å². The zero-order valence-corrected chi connectivity index (χ0v) is 11.8. The minimum absolute atomic E-state index is 0.747. The van der Waals surface area contributed by atoms with E-state index in [0.717, 1.165) is 43.2 Å². The van der Waals surface area contributed by atoms with Crippen LogP contribution in [-0.2, 0) is 13.1 Å². The molecule has 0 aliphatic heterocycles. The third-order valence-corrected chi connectivity index (χ3v) is 4.02. The van der Waals surface area contributed by atoms with Crippen LogP contribution in [0.5, 0.6) is 0 Å². The van der Waals surface area contributed by atoms with Gasteiger partial charge in [0, 0.05) is 30.7 Å². The first-order valence-electron chi connectivity index (χ1n) is 7.43. The fraction of sp³-hybridized carbons (Fsp3) is 0.625. The Bertz CT molecular complexity index is 444. The summed E-state index contributed by atoms with van der Waals surface area (Å²) in [7, 11) is 0. The maximum Gasteiger partial charge on any atom is 0.118 e. The second-order valence-corrected chi connectivity index (χ2v) is 5.90. The van der Waals surface area contributed by atoms with Gasteiger partial charge in [0.1, 0.15) is 11.5 Å². The molecular formula is C16H24N2O. The van der Waals surface area contributed by atoms with Crippen LogP contribution in [0.4, 0.5) is 0 Å². The Morgan fingerprint density at radius 3 is 2.84 bits per heavy atom. The summed E-state index contributed by atoms with van der Waals surface area (Å²) in [5.74, 6) is 2.16. The molecule has 1 N–H and O–H groups in total. The SMILES string of the molecule is C=CCN(Cc1cc(CNC2CC2)c(C)o1)C1CC1. The molecule has 2 saturated carbocycles.